The number of hydrogen-bond acceptors (Lipinski definition) is 2. The maximum Gasteiger partial charge on any atom is 0.0512 e. The molecule has 1 aromatic carbocycles. The lowest BCUT2D eigenvalue weighted by Crippen LogP contribution is -2.23. The third-order valence-electron chi connectivity index (χ3n) is 3.24. The third kappa shape index (κ3) is 6.18. The fourth-order valence-corrected chi connectivity index (χ4v) is 2.15. The second-order valence-electron chi connectivity index (χ2n) is 5.05. The number of benzene rings is 1. The Balaban J connectivity index is 2.41. The van der Waals surface area contributed by atoms with E-state index in [4.69, 9.17) is 0 Å². The Hall–Kier alpha value is -0.860. The molecule has 0 saturated heterocycles. The number of nitrogens with one attached hydrogen (secondary N) is 1. The molecule has 0 fully saturated rings. The first-order valence-electron chi connectivity index (χ1n) is 7.20. The smallest absolute Gasteiger partial charge is 0.0512 e. The zero-order valence-electron chi connectivity index (χ0n) is 11.7. The van der Waals surface area contributed by atoms with Crippen LogP contribution in [0.5, 0.6) is 0 Å². The molecule has 0 saturated carbocycles. The Kier molecular flexibility index (Phi) is 7.70. The monoisotopic (exact) mass is 249 g/mol. The van der Waals surface area contributed by atoms with E-state index in [-0.39, 0.29) is 6.10 Å². The summed E-state index contributed by atoms with van der Waals surface area (Å²) in [6, 6.07) is 11.1. The first-order valence-corrected chi connectivity index (χ1v) is 7.20. The zero-order valence-corrected chi connectivity index (χ0v) is 11.7. The molecule has 0 aliphatic rings. The van der Waals surface area contributed by atoms with Gasteiger partial charge in [0.1, 0.15) is 0 Å². The molecule has 0 aliphatic carbocycles. The maximum absolute atomic E-state index is 9.25. The standard InChI is InChI=1S/C16H27NO/c1-3-4-12-16(15-10-6-5-7-11-15)17-13-8-9-14(2)18/h5-7,10-11,14,16-18H,3-4,8-9,12-13H2,1-2H3. The summed E-state index contributed by atoms with van der Waals surface area (Å²) in [6.07, 6.45) is 5.41. The van der Waals surface area contributed by atoms with Crippen LogP contribution in [0.1, 0.15) is 57.6 Å². The number of aliphatic hydroxyl groups excluding tert-OH is 1. The fraction of sp³-hybridized carbons (Fsp3) is 0.625. The van der Waals surface area contributed by atoms with Crippen molar-refractivity contribution in [1.29, 1.82) is 0 Å². The van der Waals surface area contributed by atoms with Gasteiger partial charge in [-0.05, 0) is 38.3 Å². The van der Waals surface area contributed by atoms with Gasteiger partial charge in [-0.2, -0.15) is 0 Å². The summed E-state index contributed by atoms with van der Waals surface area (Å²) in [4.78, 5) is 0. The summed E-state index contributed by atoms with van der Waals surface area (Å²) in [7, 11) is 0. The normalized spacial score (nSPS) is 14.4. The summed E-state index contributed by atoms with van der Waals surface area (Å²) < 4.78 is 0. The van der Waals surface area contributed by atoms with Crippen LogP contribution in [-0.4, -0.2) is 17.8 Å². The van der Waals surface area contributed by atoms with Crippen LogP contribution in [0, 0.1) is 0 Å². The lowest BCUT2D eigenvalue weighted by atomic mass is 10.0. The molecule has 2 heteroatoms. The predicted molar refractivity (Wildman–Crippen MR) is 77.6 cm³/mol. The van der Waals surface area contributed by atoms with Gasteiger partial charge in [0.15, 0.2) is 0 Å². The average molecular weight is 249 g/mol. The Morgan fingerprint density at radius 3 is 2.44 bits per heavy atom. The van der Waals surface area contributed by atoms with E-state index >= 15 is 0 Å². The summed E-state index contributed by atoms with van der Waals surface area (Å²) in [6.45, 7) is 5.06. The van der Waals surface area contributed by atoms with Crippen molar-refractivity contribution in [3.63, 3.8) is 0 Å². The summed E-state index contributed by atoms with van der Waals surface area (Å²) in [5, 5.41) is 12.9. The van der Waals surface area contributed by atoms with E-state index in [9.17, 15) is 5.11 Å². The molecule has 2 atom stereocenters. The van der Waals surface area contributed by atoms with Crippen LogP contribution in [0.15, 0.2) is 30.3 Å². The van der Waals surface area contributed by atoms with Gasteiger partial charge in [-0.25, -0.2) is 0 Å². The number of unbranched alkanes of at least 4 members (excludes halogenated alkanes) is 1. The van der Waals surface area contributed by atoms with Crippen LogP contribution in [0.3, 0.4) is 0 Å². The van der Waals surface area contributed by atoms with Crippen molar-refractivity contribution in [2.75, 3.05) is 6.54 Å². The average Bonchev–Trinajstić information content (AvgIpc) is 2.38. The SMILES string of the molecule is CCCCC(NCCCC(C)O)c1ccccc1. The van der Waals surface area contributed by atoms with Gasteiger partial charge < -0.3 is 10.4 Å². The Bertz CT molecular complexity index is 297. The highest BCUT2D eigenvalue weighted by Crippen LogP contribution is 2.19. The Morgan fingerprint density at radius 1 is 1.11 bits per heavy atom. The minimum atomic E-state index is -0.183. The highest BCUT2D eigenvalue weighted by Gasteiger charge is 2.09. The summed E-state index contributed by atoms with van der Waals surface area (Å²) >= 11 is 0. The highest BCUT2D eigenvalue weighted by molar-refractivity contribution is 5.18. The second-order valence-corrected chi connectivity index (χ2v) is 5.05. The minimum Gasteiger partial charge on any atom is -0.393 e. The molecule has 0 spiro atoms. The molecule has 0 aliphatic heterocycles. The molecule has 0 radical (unpaired) electrons. The molecule has 0 amide bonds. The molecular formula is C16H27NO. The lowest BCUT2D eigenvalue weighted by molar-refractivity contribution is 0.180. The van der Waals surface area contributed by atoms with Gasteiger partial charge >= 0.3 is 0 Å². The maximum atomic E-state index is 9.25. The Morgan fingerprint density at radius 2 is 1.83 bits per heavy atom. The van der Waals surface area contributed by atoms with Gasteiger partial charge in [-0.1, -0.05) is 50.1 Å². The van der Waals surface area contributed by atoms with Crippen molar-refractivity contribution in [1.82, 2.24) is 5.32 Å². The largest absolute Gasteiger partial charge is 0.393 e. The van der Waals surface area contributed by atoms with Crippen LogP contribution in [0.2, 0.25) is 0 Å². The molecule has 0 aromatic heterocycles. The predicted octanol–water partition coefficient (Wildman–Crippen LogP) is 3.67. The van der Waals surface area contributed by atoms with E-state index in [1.54, 1.807) is 0 Å². The van der Waals surface area contributed by atoms with Gasteiger partial charge in [0.05, 0.1) is 6.10 Å². The van der Waals surface area contributed by atoms with Crippen molar-refractivity contribution in [3.05, 3.63) is 35.9 Å². The molecule has 2 unspecified atom stereocenters. The van der Waals surface area contributed by atoms with Gasteiger partial charge in [0.2, 0.25) is 0 Å². The number of hydrogen-bond donors (Lipinski definition) is 2. The molecule has 2 N–H and O–H groups in total. The first-order chi connectivity index (χ1) is 8.74. The van der Waals surface area contributed by atoms with Crippen LogP contribution in [-0.2, 0) is 0 Å². The zero-order chi connectivity index (χ0) is 13.2. The van der Waals surface area contributed by atoms with Crippen LogP contribution >= 0.6 is 0 Å². The van der Waals surface area contributed by atoms with Crippen LogP contribution in [0.4, 0.5) is 0 Å². The molecule has 102 valence electrons. The van der Waals surface area contributed by atoms with Crippen molar-refractivity contribution < 1.29 is 5.11 Å². The van der Waals surface area contributed by atoms with Crippen LogP contribution < -0.4 is 5.32 Å². The molecule has 18 heavy (non-hydrogen) atoms. The van der Waals surface area contributed by atoms with Gasteiger partial charge in [0, 0.05) is 6.04 Å². The Labute approximate surface area is 111 Å². The van der Waals surface area contributed by atoms with Crippen molar-refractivity contribution in [2.24, 2.45) is 0 Å². The second kappa shape index (κ2) is 9.12. The number of aliphatic hydroxyl groups is 1. The summed E-state index contributed by atoms with van der Waals surface area (Å²) in [5.74, 6) is 0. The van der Waals surface area contributed by atoms with Crippen LogP contribution in [0.25, 0.3) is 0 Å². The molecular weight excluding hydrogens is 222 g/mol. The fourth-order valence-electron chi connectivity index (χ4n) is 2.15. The van der Waals surface area contributed by atoms with E-state index in [2.05, 4.69) is 42.6 Å². The van der Waals surface area contributed by atoms with Crippen molar-refractivity contribution >= 4 is 0 Å². The van der Waals surface area contributed by atoms with E-state index in [0.29, 0.717) is 6.04 Å². The van der Waals surface area contributed by atoms with Crippen molar-refractivity contribution in [2.45, 2.75) is 58.1 Å². The number of rotatable bonds is 9. The van der Waals surface area contributed by atoms with E-state index in [1.807, 2.05) is 6.92 Å². The molecule has 1 rings (SSSR count). The summed E-state index contributed by atoms with van der Waals surface area (Å²) in [5.41, 5.74) is 1.38. The van der Waals surface area contributed by atoms with Crippen molar-refractivity contribution in [3.8, 4) is 0 Å². The quantitative estimate of drug-likeness (QED) is 0.654. The molecule has 0 bridgehead atoms. The third-order valence-corrected chi connectivity index (χ3v) is 3.24. The van der Waals surface area contributed by atoms with E-state index in [1.165, 1.54) is 24.8 Å². The van der Waals surface area contributed by atoms with Gasteiger partial charge in [-0.3, -0.25) is 0 Å². The van der Waals surface area contributed by atoms with Gasteiger partial charge in [0.25, 0.3) is 0 Å². The minimum absolute atomic E-state index is 0.183. The highest BCUT2D eigenvalue weighted by atomic mass is 16.3. The van der Waals surface area contributed by atoms with E-state index in [0.717, 1.165) is 19.4 Å². The molecule has 1 aromatic rings. The lowest BCUT2D eigenvalue weighted by Gasteiger charge is -2.19. The topological polar surface area (TPSA) is 32.3 Å². The molecule has 0 heterocycles. The van der Waals surface area contributed by atoms with E-state index < -0.39 is 0 Å². The molecule has 2 nitrogen and oxygen atoms in total. The van der Waals surface area contributed by atoms with Gasteiger partial charge in [-0.15, -0.1) is 0 Å². The first kappa shape index (κ1) is 15.2.